The number of nitrogens with one attached hydrogen (secondary N) is 2. The normalized spacial score (nSPS) is 24.9. The van der Waals surface area contributed by atoms with Gasteiger partial charge < -0.3 is 50.6 Å². The molecule has 12 heteroatoms. The third kappa shape index (κ3) is 8.85. The van der Waals surface area contributed by atoms with Crippen molar-refractivity contribution in [1.82, 2.24) is 10.6 Å². The number of rotatable bonds is 13. The Bertz CT molecular complexity index is 734. The Morgan fingerprint density at radius 3 is 2.30 bits per heavy atom. The Hall–Kier alpha value is -2.32. The van der Waals surface area contributed by atoms with Gasteiger partial charge in [0, 0.05) is 24.7 Å². The van der Waals surface area contributed by atoms with E-state index in [1.807, 2.05) is 0 Å². The number of carbonyl (C=O) groups is 2. The number of hydrogen-bond acceptors (Lipinski definition) is 10. The van der Waals surface area contributed by atoms with E-state index in [0.717, 1.165) is 0 Å². The van der Waals surface area contributed by atoms with E-state index >= 15 is 0 Å². The van der Waals surface area contributed by atoms with E-state index in [1.54, 1.807) is 24.3 Å². The minimum absolute atomic E-state index is 0.0827. The lowest BCUT2D eigenvalue weighted by Gasteiger charge is -2.42. The molecular weight excluding hydrogens is 438 g/mol. The molecule has 186 valence electrons. The van der Waals surface area contributed by atoms with Gasteiger partial charge in [-0.25, -0.2) is 0 Å². The lowest BCUT2D eigenvalue weighted by Crippen LogP contribution is -2.64. The van der Waals surface area contributed by atoms with Crippen molar-refractivity contribution in [2.75, 3.05) is 51.9 Å². The van der Waals surface area contributed by atoms with E-state index < -0.39 is 43.2 Å². The van der Waals surface area contributed by atoms with Crippen molar-refractivity contribution in [3.8, 4) is 0 Å². The molecule has 33 heavy (non-hydrogen) atoms. The van der Waals surface area contributed by atoms with Crippen molar-refractivity contribution < 1.29 is 43.9 Å². The maximum Gasteiger partial charge on any atom is 0.251 e. The number of aliphatic hydroxyl groups is 3. The van der Waals surface area contributed by atoms with Crippen LogP contribution in [-0.2, 0) is 23.7 Å². The Morgan fingerprint density at radius 2 is 1.67 bits per heavy atom. The van der Waals surface area contributed by atoms with Gasteiger partial charge in [-0.2, -0.15) is 0 Å². The summed E-state index contributed by atoms with van der Waals surface area (Å²) in [6.07, 6.45) is -4.82. The highest BCUT2D eigenvalue weighted by atomic mass is 16.7. The SMILES string of the molecule is CC(=O)NC1C(OCCOCCOCCNC(=O)c2ccc(N)cc2)OC(CO)[C@H](O)C1O. The van der Waals surface area contributed by atoms with Gasteiger partial charge in [-0.15, -0.1) is 0 Å². The summed E-state index contributed by atoms with van der Waals surface area (Å²) in [4.78, 5) is 23.3. The van der Waals surface area contributed by atoms with Gasteiger partial charge in [-0.1, -0.05) is 0 Å². The summed E-state index contributed by atoms with van der Waals surface area (Å²) < 4.78 is 21.8. The molecular formula is C21H33N3O9. The van der Waals surface area contributed by atoms with Gasteiger partial charge in [0.15, 0.2) is 6.29 Å². The van der Waals surface area contributed by atoms with Crippen molar-refractivity contribution >= 4 is 17.5 Å². The Labute approximate surface area is 191 Å². The highest BCUT2D eigenvalue weighted by molar-refractivity contribution is 5.94. The molecule has 4 unspecified atom stereocenters. The number of aliphatic hydroxyl groups excluding tert-OH is 3. The molecule has 1 aromatic rings. The molecule has 0 bridgehead atoms. The fourth-order valence-corrected chi connectivity index (χ4v) is 3.13. The van der Waals surface area contributed by atoms with Gasteiger partial charge >= 0.3 is 0 Å². The summed E-state index contributed by atoms with van der Waals surface area (Å²) in [7, 11) is 0. The van der Waals surface area contributed by atoms with E-state index in [0.29, 0.717) is 31.0 Å². The maximum atomic E-state index is 11.9. The van der Waals surface area contributed by atoms with Gasteiger partial charge in [0.2, 0.25) is 5.91 Å². The third-order valence-electron chi connectivity index (χ3n) is 4.84. The van der Waals surface area contributed by atoms with Crippen LogP contribution >= 0.6 is 0 Å². The number of amides is 2. The molecule has 1 heterocycles. The molecule has 0 aliphatic carbocycles. The molecule has 7 N–H and O–H groups in total. The topological polar surface area (TPSA) is 182 Å². The van der Waals surface area contributed by atoms with Crippen LogP contribution in [0.15, 0.2) is 24.3 Å². The van der Waals surface area contributed by atoms with Crippen LogP contribution in [0.1, 0.15) is 17.3 Å². The second kappa shape index (κ2) is 14.1. The molecule has 0 saturated carbocycles. The van der Waals surface area contributed by atoms with Crippen LogP contribution in [0, 0.1) is 0 Å². The first-order chi connectivity index (χ1) is 15.8. The van der Waals surface area contributed by atoms with Crippen LogP contribution in [-0.4, -0.2) is 104 Å². The summed E-state index contributed by atoms with van der Waals surface area (Å²) in [5.41, 5.74) is 6.69. The largest absolute Gasteiger partial charge is 0.399 e. The quantitative estimate of drug-likeness (QED) is 0.139. The van der Waals surface area contributed by atoms with Gasteiger partial charge in [-0.05, 0) is 24.3 Å². The smallest absolute Gasteiger partial charge is 0.251 e. The second-order valence-electron chi connectivity index (χ2n) is 7.41. The van der Waals surface area contributed by atoms with E-state index in [2.05, 4.69) is 10.6 Å². The fourth-order valence-electron chi connectivity index (χ4n) is 3.13. The Balaban J connectivity index is 1.56. The molecule has 1 aliphatic heterocycles. The van der Waals surface area contributed by atoms with Crippen LogP contribution in [0.2, 0.25) is 0 Å². The van der Waals surface area contributed by atoms with Crippen molar-refractivity contribution in [2.24, 2.45) is 0 Å². The number of ether oxygens (including phenoxy) is 4. The lowest BCUT2D eigenvalue weighted by molar-refractivity contribution is -0.272. The summed E-state index contributed by atoms with van der Waals surface area (Å²) in [5, 5.41) is 34.7. The predicted octanol–water partition coefficient (Wildman–Crippen LogP) is -2.01. The highest BCUT2D eigenvalue weighted by Crippen LogP contribution is 2.22. The molecule has 1 fully saturated rings. The zero-order valence-electron chi connectivity index (χ0n) is 18.5. The van der Waals surface area contributed by atoms with Gasteiger partial charge in [0.1, 0.15) is 24.4 Å². The summed E-state index contributed by atoms with van der Waals surface area (Å²) in [6.45, 7) is 2.28. The van der Waals surface area contributed by atoms with Gasteiger partial charge in [-0.3, -0.25) is 9.59 Å². The van der Waals surface area contributed by atoms with Crippen molar-refractivity contribution in [3.05, 3.63) is 29.8 Å². The molecule has 2 amide bonds. The van der Waals surface area contributed by atoms with Crippen molar-refractivity contribution in [3.63, 3.8) is 0 Å². The minimum atomic E-state index is -1.36. The van der Waals surface area contributed by atoms with Crippen LogP contribution in [0.5, 0.6) is 0 Å². The van der Waals surface area contributed by atoms with E-state index in [1.165, 1.54) is 6.92 Å². The van der Waals surface area contributed by atoms with Crippen LogP contribution < -0.4 is 16.4 Å². The minimum Gasteiger partial charge on any atom is -0.399 e. The number of nitrogens with two attached hydrogens (primary N) is 1. The van der Waals surface area contributed by atoms with Crippen LogP contribution in [0.3, 0.4) is 0 Å². The summed E-state index contributed by atoms with van der Waals surface area (Å²) in [6, 6.07) is 5.61. The maximum absolute atomic E-state index is 11.9. The van der Waals surface area contributed by atoms with Crippen LogP contribution in [0.4, 0.5) is 5.69 Å². The highest BCUT2D eigenvalue weighted by Gasteiger charge is 2.45. The number of nitrogen functional groups attached to an aromatic ring is 1. The molecule has 12 nitrogen and oxygen atoms in total. The lowest BCUT2D eigenvalue weighted by atomic mass is 9.97. The molecule has 0 spiro atoms. The standard InChI is InChI=1S/C21H33N3O9/c1-13(26)24-17-19(28)18(27)16(12-25)33-21(17)32-11-10-31-9-8-30-7-6-23-20(29)14-2-4-15(22)5-3-14/h2-5,16-19,21,25,27-28H,6-12,22H2,1H3,(H,23,29)(H,24,26)/t16?,17?,18-,19?,21?/m0/s1. The number of hydrogen-bond donors (Lipinski definition) is 6. The average molecular weight is 472 g/mol. The molecule has 1 saturated heterocycles. The fraction of sp³-hybridized carbons (Fsp3) is 0.619. The van der Waals surface area contributed by atoms with Crippen LogP contribution in [0.25, 0.3) is 0 Å². The zero-order valence-corrected chi connectivity index (χ0v) is 18.5. The van der Waals surface area contributed by atoms with E-state index in [9.17, 15) is 24.9 Å². The number of anilines is 1. The van der Waals surface area contributed by atoms with Crippen molar-refractivity contribution in [2.45, 2.75) is 37.6 Å². The van der Waals surface area contributed by atoms with Gasteiger partial charge in [0.25, 0.3) is 5.91 Å². The predicted molar refractivity (Wildman–Crippen MR) is 116 cm³/mol. The number of carbonyl (C=O) groups excluding carboxylic acids is 2. The first-order valence-corrected chi connectivity index (χ1v) is 10.6. The monoisotopic (exact) mass is 471 g/mol. The first-order valence-electron chi connectivity index (χ1n) is 10.6. The molecule has 5 atom stereocenters. The molecule has 0 radical (unpaired) electrons. The molecule has 0 aromatic heterocycles. The van der Waals surface area contributed by atoms with E-state index in [4.69, 9.17) is 24.7 Å². The molecule has 1 aliphatic rings. The van der Waals surface area contributed by atoms with E-state index in [-0.39, 0.29) is 25.7 Å². The Morgan fingerprint density at radius 1 is 1.03 bits per heavy atom. The summed E-state index contributed by atoms with van der Waals surface area (Å²) >= 11 is 0. The average Bonchev–Trinajstić information content (AvgIpc) is 2.79. The zero-order chi connectivity index (χ0) is 24.2. The Kier molecular flexibility index (Phi) is 11.5. The van der Waals surface area contributed by atoms with Crippen molar-refractivity contribution in [1.29, 1.82) is 0 Å². The van der Waals surface area contributed by atoms with Gasteiger partial charge in [0.05, 0.1) is 39.6 Å². The molecule has 2 rings (SSSR count). The second-order valence-corrected chi connectivity index (χ2v) is 7.41. The third-order valence-corrected chi connectivity index (χ3v) is 4.84. The first kappa shape index (κ1) is 26.9. The summed E-state index contributed by atoms with van der Waals surface area (Å²) in [5.74, 6) is -0.639. The molecule has 1 aromatic carbocycles. The number of benzene rings is 1.